The molecule has 0 aromatic heterocycles. The number of rotatable bonds is 9. The van der Waals surface area contributed by atoms with Crippen LogP contribution in [0.15, 0.2) is 48.5 Å². The van der Waals surface area contributed by atoms with Crippen LogP contribution in [0, 0.1) is 11.3 Å². The molecule has 2 rings (SSSR count). The average Bonchev–Trinajstić information content (AvgIpc) is 2.75. The standard InChI is InChI=1S/C25H31N3O3/c1-5-31-22-10-7-6-9-20(22)24(30)27-16-8-11-23(29)28-21(17-26)18-12-14-19(15-13-18)25(2,3)4/h6-7,9-10,12-15,21H,5,8,11,16H2,1-4H3,(H,27,30)(H,28,29). The van der Waals surface area contributed by atoms with E-state index in [1.165, 1.54) is 5.56 Å². The van der Waals surface area contributed by atoms with E-state index in [4.69, 9.17) is 4.74 Å². The van der Waals surface area contributed by atoms with Crippen LogP contribution in [-0.2, 0) is 10.2 Å². The van der Waals surface area contributed by atoms with E-state index in [-0.39, 0.29) is 23.7 Å². The maximum atomic E-state index is 12.4. The number of para-hydroxylation sites is 1. The molecule has 0 heterocycles. The van der Waals surface area contributed by atoms with Crippen LogP contribution in [0.1, 0.15) is 68.1 Å². The van der Waals surface area contributed by atoms with E-state index in [9.17, 15) is 14.9 Å². The van der Waals surface area contributed by atoms with Gasteiger partial charge in [-0.25, -0.2) is 0 Å². The first kappa shape index (κ1) is 23.9. The zero-order valence-electron chi connectivity index (χ0n) is 18.7. The molecule has 2 aromatic carbocycles. The van der Waals surface area contributed by atoms with Crippen molar-refractivity contribution in [3.8, 4) is 11.8 Å². The topological polar surface area (TPSA) is 91.2 Å². The van der Waals surface area contributed by atoms with Crippen LogP contribution < -0.4 is 15.4 Å². The van der Waals surface area contributed by atoms with Gasteiger partial charge >= 0.3 is 0 Å². The highest BCUT2D eigenvalue weighted by atomic mass is 16.5. The van der Waals surface area contributed by atoms with Gasteiger partial charge in [-0.1, -0.05) is 57.2 Å². The lowest BCUT2D eigenvalue weighted by Crippen LogP contribution is -2.29. The van der Waals surface area contributed by atoms with Crippen molar-refractivity contribution >= 4 is 11.8 Å². The van der Waals surface area contributed by atoms with Crippen molar-refractivity contribution in [2.24, 2.45) is 0 Å². The normalized spacial score (nSPS) is 11.8. The first-order valence-corrected chi connectivity index (χ1v) is 10.6. The maximum absolute atomic E-state index is 12.4. The lowest BCUT2D eigenvalue weighted by atomic mass is 9.86. The molecule has 0 spiro atoms. The quantitative estimate of drug-likeness (QED) is 0.592. The van der Waals surface area contributed by atoms with Gasteiger partial charge in [0.15, 0.2) is 0 Å². The summed E-state index contributed by atoms with van der Waals surface area (Å²) in [5.41, 5.74) is 2.42. The Kier molecular flexibility index (Phi) is 8.63. The molecule has 0 bridgehead atoms. The number of nitrogens with zero attached hydrogens (tertiary/aromatic N) is 1. The molecule has 1 unspecified atom stereocenters. The number of hydrogen-bond acceptors (Lipinski definition) is 4. The molecular formula is C25H31N3O3. The van der Waals surface area contributed by atoms with Gasteiger partial charge in [-0.2, -0.15) is 5.26 Å². The average molecular weight is 422 g/mol. The second-order valence-corrected chi connectivity index (χ2v) is 8.29. The second kappa shape index (κ2) is 11.2. The third kappa shape index (κ3) is 7.14. The first-order chi connectivity index (χ1) is 14.8. The van der Waals surface area contributed by atoms with Crippen molar-refractivity contribution in [1.29, 1.82) is 5.26 Å². The van der Waals surface area contributed by atoms with Crippen LogP contribution in [-0.4, -0.2) is 25.0 Å². The van der Waals surface area contributed by atoms with Crippen molar-refractivity contribution in [1.82, 2.24) is 10.6 Å². The minimum Gasteiger partial charge on any atom is -0.493 e. The molecule has 31 heavy (non-hydrogen) atoms. The van der Waals surface area contributed by atoms with E-state index in [2.05, 4.69) is 37.5 Å². The third-order valence-electron chi connectivity index (χ3n) is 4.84. The number of hydrogen-bond donors (Lipinski definition) is 2. The number of benzene rings is 2. The lowest BCUT2D eigenvalue weighted by Gasteiger charge is -2.20. The van der Waals surface area contributed by atoms with Crippen molar-refractivity contribution < 1.29 is 14.3 Å². The molecule has 0 radical (unpaired) electrons. The van der Waals surface area contributed by atoms with Crippen LogP contribution in [0.25, 0.3) is 0 Å². The summed E-state index contributed by atoms with van der Waals surface area (Å²) in [4.78, 5) is 24.6. The summed E-state index contributed by atoms with van der Waals surface area (Å²) < 4.78 is 5.47. The molecule has 0 aliphatic heterocycles. The molecule has 2 amide bonds. The van der Waals surface area contributed by atoms with Gasteiger partial charge in [0.05, 0.1) is 18.2 Å². The summed E-state index contributed by atoms with van der Waals surface area (Å²) in [6.45, 7) is 9.06. The number of amides is 2. The zero-order valence-corrected chi connectivity index (χ0v) is 18.7. The van der Waals surface area contributed by atoms with E-state index in [1.807, 2.05) is 37.3 Å². The van der Waals surface area contributed by atoms with Gasteiger partial charge in [0.2, 0.25) is 5.91 Å². The van der Waals surface area contributed by atoms with E-state index in [1.54, 1.807) is 18.2 Å². The summed E-state index contributed by atoms with van der Waals surface area (Å²) in [6, 6.07) is 16.2. The molecule has 2 N–H and O–H groups in total. The smallest absolute Gasteiger partial charge is 0.255 e. The summed E-state index contributed by atoms with van der Waals surface area (Å²) in [5.74, 6) is 0.0725. The van der Waals surface area contributed by atoms with Crippen molar-refractivity contribution in [3.05, 3.63) is 65.2 Å². The molecule has 0 saturated carbocycles. The van der Waals surface area contributed by atoms with Gasteiger partial charge < -0.3 is 15.4 Å². The minimum absolute atomic E-state index is 0.0253. The molecule has 2 aromatic rings. The Morgan fingerprint density at radius 2 is 1.77 bits per heavy atom. The second-order valence-electron chi connectivity index (χ2n) is 8.29. The SMILES string of the molecule is CCOc1ccccc1C(=O)NCCCC(=O)NC(C#N)c1ccc(C(C)(C)C)cc1. The molecule has 6 nitrogen and oxygen atoms in total. The number of nitriles is 1. The Balaban J connectivity index is 1.82. The molecular weight excluding hydrogens is 390 g/mol. The van der Waals surface area contributed by atoms with Crippen LogP contribution in [0.2, 0.25) is 0 Å². The van der Waals surface area contributed by atoms with Crippen LogP contribution in [0.5, 0.6) is 5.75 Å². The molecule has 0 saturated heterocycles. The Labute approximate surface area is 184 Å². The summed E-state index contributed by atoms with van der Waals surface area (Å²) in [7, 11) is 0. The van der Waals surface area contributed by atoms with Crippen LogP contribution in [0.3, 0.4) is 0 Å². The highest BCUT2D eigenvalue weighted by molar-refractivity contribution is 5.96. The number of carbonyl (C=O) groups is 2. The predicted molar refractivity (Wildman–Crippen MR) is 121 cm³/mol. The van der Waals surface area contributed by atoms with Gasteiger partial charge in [-0.05, 0) is 42.0 Å². The largest absolute Gasteiger partial charge is 0.493 e. The molecule has 0 aliphatic rings. The van der Waals surface area contributed by atoms with Gasteiger partial charge in [-0.3, -0.25) is 9.59 Å². The number of nitrogens with one attached hydrogen (secondary N) is 2. The third-order valence-corrected chi connectivity index (χ3v) is 4.84. The maximum Gasteiger partial charge on any atom is 0.255 e. The van der Waals surface area contributed by atoms with Gasteiger partial charge in [0.1, 0.15) is 11.8 Å². The number of carbonyl (C=O) groups excluding carboxylic acids is 2. The predicted octanol–water partition coefficient (Wildman–Crippen LogP) is 4.27. The summed E-state index contributed by atoms with van der Waals surface area (Å²) >= 11 is 0. The van der Waals surface area contributed by atoms with Crippen LogP contribution in [0.4, 0.5) is 0 Å². The monoisotopic (exact) mass is 421 g/mol. The number of ether oxygens (including phenoxy) is 1. The van der Waals surface area contributed by atoms with Crippen molar-refractivity contribution in [3.63, 3.8) is 0 Å². The van der Waals surface area contributed by atoms with Gasteiger partial charge in [0, 0.05) is 13.0 Å². The van der Waals surface area contributed by atoms with Crippen LogP contribution >= 0.6 is 0 Å². The Hall–Kier alpha value is -3.33. The highest BCUT2D eigenvalue weighted by Crippen LogP contribution is 2.24. The fourth-order valence-electron chi connectivity index (χ4n) is 3.08. The highest BCUT2D eigenvalue weighted by Gasteiger charge is 2.17. The Morgan fingerprint density at radius 1 is 1.10 bits per heavy atom. The fourth-order valence-corrected chi connectivity index (χ4v) is 3.08. The van der Waals surface area contributed by atoms with Gasteiger partial charge in [0.25, 0.3) is 5.91 Å². The Bertz CT molecular complexity index is 924. The van der Waals surface area contributed by atoms with Gasteiger partial charge in [-0.15, -0.1) is 0 Å². The zero-order chi connectivity index (χ0) is 22.9. The van der Waals surface area contributed by atoms with Crippen molar-refractivity contribution in [2.45, 2.75) is 52.0 Å². The minimum atomic E-state index is -0.700. The molecule has 0 fully saturated rings. The summed E-state index contributed by atoms with van der Waals surface area (Å²) in [6.07, 6.45) is 0.682. The van der Waals surface area contributed by atoms with E-state index >= 15 is 0 Å². The summed E-state index contributed by atoms with van der Waals surface area (Å²) in [5, 5.41) is 15.0. The molecule has 164 valence electrons. The molecule has 1 atom stereocenters. The fraction of sp³-hybridized carbons (Fsp3) is 0.400. The Morgan fingerprint density at radius 3 is 2.39 bits per heavy atom. The first-order valence-electron chi connectivity index (χ1n) is 10.6. The van der Waals surface area contributed by atoms with Crippen molar-refractivity contribution in [2.75, 3.05) is 13.2 Å². The lowest BCUT2D eigenvalue weighted by molar-refractivity contribution is -0.121. The molecule has 0 aliphatic carbocycles. The van der Waals surface area contributed by atoms with E-state index in [0.29, 0.717) is 30.9 Å². The van der Waals surface area contributed by atoms with E-state index in [0.717, 1.165) is 5.56 Å². The molecule has 6 heteroatoms. The van der Waals surface area contributed by atoms with E-state index < -0.39 is 6.04 Å².